The molecule has 4 nitrogen and oxygen atoms in total. The van der Waals surface area contributed by atoms with Crippen LogP contribution >= 0.6 is 0 Å². The van der Waals surface area contributed by atoms with Gasteiger partial charge < -0.3 is 9.88 Å². The van der Waals surface area contributed by atoms with Crippen LogP contribution in [0.15, 0.2) is 12.4 Å². The average Bonchev–Trinajstić information content (AvgIpc) is 3.12. The molecule has 114 valence electrons. The van der Waals surface area contributed by atoms with Crippen LogP contribution in [-0.4, -0.2) is 40.6 Å². The fourth-order valence-electron chi connectivity index (χ4n) is 3.00. The zero-order valence-electron chi connectivity index (χ0n) is 13.5. The molecule has 1 aliphatic carbocycles. The van der Waals surface area contributed by atoms with Crippen molar-refractivity contribution in [2.24, 2.45) is 12.5 Å². The monoisotopic (exact) mass is 278 g/mol. The van der Waals surface area contributed by atoms with Crippen molar-refractivity contribution in [3.8, 4) is 0 Å². The summed E-state index contributed by atoms with van der Waals surface area (Å²) < 4.78 is 2.11. The molecule has 1 fully saturated rings. The quantitative estimate of drug-likeness (QED) is 0.753. The second-order valence-electron chi connectivity index (χ2n) is 6.84. The van der Waals surface area contributed by atoms with Crippen LogP contribution in [0.1, 0.15) is 45.4 Å². The maximum absolute atomic E-state index is 4.42. The maximum Gasteiger partial charge on any atom is 0.122 e. The SMILES string of the molecule is CCCC(C)(CNC1CC1)CN(C)Cc1nccn1C. The number of aryl methyl sites for hydroxylation is 1. The van der Waals surface area contributed by atoms with E-state index >= 15 is 0 Å². The van der Waals surface area contributed by atoms with Gasteiger partial charge in [0.1, 0.15) is 5.82 Å². The van der Waals surface area contributed by atoms with Crippen molar-refractivity contribution >= 4 is 0 Å². The Labute approximate surface area is 123 Å². The standard InChI is InChI=1S/C16H30N4/c1-5-8-16(2,12-18-14-6-7-14)13-19(3)11-15-17-9-10-20(15)4/h9-10,14,18H,5-8,11-13H2,1-4H3. The molecule has 20 heavy (non-hydrogen) atoms. The molecule has 2 rings (SSSR count). The van der Waals surface area contributed by atoms with E-state index < -0.39 is 0 Å². The van der Waals surface area contributed by atoms with Crippen LogP contribution in [0.2, 0.25) is 0 Å². The fraction of sp³-hybridized carbons (Fsp3) is 0.812. The van der Waals surface area contributed by atoms with Crippen LogP contribution in [0.3, 0.4) is 0 Å². The number of imidazole rings is 1. The lowest BCUT2D eigenvalue weighted by atomic mass is 9.85. The molecule has 0 aromatic carbocycles. The molecule has 1 atom stereocenters. The molecule has 0 amide bonds. The van der Waals surface area contributed by atoms with E-state index in [9.17, 15) is 0 Å². The molecular weight excluding hydrogens is 248 g/mol. The maximum atomic E-state index is 4.42. The first-order valence-corrected chi connectivity index (χ1v) is 7.90. The van der Waals surface area contributed by atoms with Crippen molar-refractivity contribution in [3.63, 3.8) is 0 Å². The Morgan fingerprint density at radius 3 is 2.80 bits per heavy atom. The molecule has 0 aliphatic heterocycles. The van der Waals surface area contributed by atoms with E-state index in [2.05, 4.69) is 47.7 Å². The Morgan fingerprint density at radius 1 is 1.50 bits per heavy atom. The van der Waals surface area contributed by atoms with Gasteiger partial charge >= 0.3 is 0 Å². The summed E-state index contributed by atoms with van der Waals surface area (Å²) >= 11 is 0. The Kier molecular flexibility index (Phi) is 5.22. The normalized spacial score (nSPS) is 18.4. The van der Waals surface area contributed by atoms with Gasteiger partial charge in [-0.05, 0) is 31.7 Å². The third-order valence-corrected chi connectivity index (χ3v) is 4.23. The highest BCUT2D eigenvalue weighted by atomic mass is 15.2. The number of hydrogen-bond acceptors (Lipinski definition) is 3. The van der Waals surface area contributed by atoms with Crippen molar-refractivity contribution in [3.05, 3.63) is 18.2 Å². The van der Waals surface area contributed by atoms with Crippen molar-refractivity contribution in [1.82, 2.24) is 19.8 Å². The minimum atomic E-state index is 0.358. The zero-order valence-corrected chi connectivity index (χ0v) is 13.5. The lowest BCUT2D eigenvalue weighted by Gasteiger charge is -2.34. The molecule has 1 unspecified atom stereocenters. The molecule has 1 saturated carbocycles. The van der Waals surface area contributed by atoms with Gasteiger partial charge in [-0.15, -0.1) is 0 Å². The van der Waals surface area contributed by atoms with Gasteiger partial charge in [0.25, 0.3) is 0 Å². The number of nitrogens with one attached hydrogen (secondary N) is 1. The van der Waals surface area contributed by atoms with E-state index in [-0.39, 0.29) is 0 Å². The Bertz CT molecular complexity index is 410. The van der Waals surface area contributed by atoms with Crippen molar-refractivity contribution in [2.45, 2.75) is 52.1 Å². The van der Waals surface area contributed by atoms with E-state index in [1.807, 2.05) is 12.4 Å². The minimum absolute atomic E-state index is 0.358. The van der Waals surface area contributed by atoms with Gasteiger partial charge in [-0.25, -0.2) is 4.98 Å². The van der Waals surface area contributed by atoms with E-state index in [1.54, 1.807) is 0 Å². The highest BCUT2D eigenvalue weighted by Crippen LogP contribution is 2.27. The van der Waals surface area contributed by atoms with Gasteiger partial charge in [-0.3, -0.25) is 4.90 Å². The lowest BCUT2D eigenvalue weighted by molar-refractivity contribution is 0.164. The summed E-state index contributed by atoms with van der Waals surface area (Å²) in [6, 6.07) is 0.797. The van der Waals surface area contributed by atoms with Crippen molar-refractivity contribution in [2.75, 3.05) is 20.1 Å². The van der Waals surface area contributed by atoms with E-state index in [1.165, 1.54) is 25.7 Å². The Hall–Kier alpha value is -0.870. The first-order valence-electron chi connectivity index (χ1n) is 7.90. The van der Waals surface area contributed by atoms with Gasteiger partial charge in [-0.1, -0.05) is 20.3 Å². The van der Waals surface area contributed by atoms with Gasteiger partial charge in [0.15, 0.2) is 0 Å². The molecule has 1 aliphatic rings. The summed E-state index contributed by atoms with van der Waals surface area (Å²) in [5, 5.41) is 3.71. The van der Waals surface area contributed by atoms with Crippen LogP contribution < -0.4 is 5.32 Å². The number of rotatable bonds is 9. The fourth-order valence-corrected chi connectivity index (χ4v) is 3.00. The lowest BCUT2D eigenvalue weighted by Crippen LogP contribution is -2.41. The molecule has 1 N–H and O–H groups in total. The predicted octanol–water partition coefficient (Wildman–Crippen LogP) is 2.41. The summed E-state index contributed by atoms with van der Waals surface area (Å²) in [6.45, 7) is 7.88. The van der Waals surface area contributed by atoms with E-state index in [0.717, 1.165) is 31.5 Å². The Morgan fingerprint density at radius 2 is 2.25 bits per heavy atom. The van der Waals surface area contributed by atoms with Gasteiger partial charge in [0.05, 0.1) is 6.54 Å². The highest BCUT2D eigenvalue weighted by molar-refractivity contribution is 4.92. The summed E-state index contributed by atoms with van der Waals surface area (Å²) in [4.78, 5) is 6.83. The van der Waals surface area contributed by atoms with E-state index in [4.69, 9.17) is 0 Å². The third kappa shape index (κ3) is 4.60. The van der Waals surface area contributed by atoms with Crippen LogP contribution in [-0.2, 0) is 13.6 Å². The van der Waals surface area contributed by atoms with Gasteiger partial charge in [0.2, 0.25) is 0 Å². The first kappa shape index (κ1) is 15.5. The van der Waals surface area contributed by atoms with Crippen LogP contribution in [0, 0.1) is 5.41 Å². The second kappa shape index (κ2) is 6.72. The van der Waals surface area contributed by atoms with Crippen LogP contribution in [0.5, 0.6) is 0 Å². The summed E-state index contributed by atoms with van der Waals surface area (Å²) in [7, 11) is 4.27. The van der Waals surface area contributed by atoms with Gasteiger partial charge in [0, 0.05) is 38.6 Å². The molecular formula is C16H30N4. The molecule has 0 radical (unpaired) electrons. The molecule has 1 aromatic rings. The average molecular weight is 278 g/mol. The van der Waals surface area contributed by atoms with Crippen molar-refractivity contribution in [1.29, 1.82) is 0 Å². The van der Waals surface area contributed by atoms with E-state index in [0.29, 0.717) is 5.41 Å². The number of nitrogens with zero attached hydrogens (tertiary/aromatic N) is 3. The summed E-state index contributed by atoms with van der Waals surface area (Å²) in [5.41, 5.74) is 0.358. The third-order valence-electron chi connectivity index (χ3n) is 4.23. The van der Waals surface area contributed by atoms with Crippen molar-refractivity contribution < 1.29 is 0 Å². The first-order chi connectivity index (χ1) is 9.52. The molecule has 1 heterocycles. The number of hydrogen-bond donors (Lipinski definition) is 1. The summed E-state index contributed by atoms with van der Waals surface area (Å²) in [6.07, 6.45) is 9.15. The summed E-state index contributed by atoms with van der Waals surface area (Å²) in [5.74, 6) is 1.14. The molecule has 0 spiro atoms. The second-order valence-corrected chi connectivity index (χ2v) is 6.84. The zero-order chi connectivity index (χ0) is 14.6. The molecule has 1 aromatic heterocycles. The number of aromatic nitrogens is 2. The largest absolute Gasteiger partial charge is 0.337 e. The molecule has 0 saturated heterocycles. The molecule has 4 heteroatoms. The van der Waals surface area contributed by atoms with Gasteiger partial charge in [-0.2, -0.15) is 0 Å². The molecule has 0 bridgehead atoms. The Balaban J connectivity index is 1.86. The highest BCUT2D eigenvalue weighted by Gasteiger charge is 2.29. The predicted molar refractivity (Wildman–Crippen MR) is 83.6 cm³/mol. The topological polar surface area (TPSA) is 33.1 Å². The minimum Gasteiger partial charge on any atom is -0.337 e. The van der Waals surface area contributed by atoms with Crippen LogP contribution in [0.25, 0.3) is 0 Å². The van der Waals surface area contributed by atoms with Crippen LogP contribution in [0.4, 0.5) is 0 Å². The smallest absolute Gasteiger partial charge is 0.122 e.